The summed E-state index contributed by atoms with van der Waals surface area (Å²) in [5.41, 5.74) is 1.07. The molecule has 0 aromatic heterocycles. The Bertz CT molecular complexity index is 779. The second-order valence-corrected chi connectivity index (χ2v) is 6.34. The maximum atomic E-state index is 11.7. The smallest absolute Gasteiger partial charge is 0.412 e. The van der Waals surface area contributed by atoms with Crippen LogP contribution in [-0.2, 0) is 21.4 Å². The van der Waals surface area contributed by atoms with Gasteiger partial charge in [0.2, 0.25) is 10.0 Å². The van der Waals surface area contributed by atoms with Gasteiger partial charge in [0.25, 0.3) is 0 Å². The molecular formula is C14H13ClN2O4S. The molecule has 2 rings (SSSR count). The molecule has 0 atom stereocenters. The van der Waals surface area contributed by atoms with Crippen molar-refractivity contribution < 1.29 is 17.9 Å². The number of carbonyl (C=O) groups excluding carboxylic acids is 1. The van der Waals surface area contributed by atoms with Crippen LogP contribution in [0.15, 0.2) is 53.4 Å². The van der Waals surface area contributed by atoms with E-state index >= 15 is 0 Å². The molecule has 0 saturated heterocycles. The molecule has 8 heteroatoms. The average molecular weight is 341 g/mol. The van der Waals surface area contributed by atoms with Crippen LogP contribution in [0.4, 0.5) is 10.5 Å². The van der Waals surface area contributed by atoms with E-state index in [9.17, 15) is 13.2 Å². The Hall–Kier alpha value is -2.09. The van der Waals surface area contributed by atoms with Gasteiger partial charge in [-0.1, -0.05) is 41.9 Å². The molecule has 3 N–H and O–H groups in total. The van der Waals surface area contributed by atoms with Gasteiger partial charge in [-0.15, -0.1) is 0 Å². The third-order valence-electron chi connectivity index (χ3n) is 2.72. The highest BCUT2D eigenvalue weighted by Gasteiger charge is 2.12. The maximum Gasteiger partial charge on any atom is 0.412 e. The number of nitrogens with one attached hydrogen (secondary N) is 1. The van der Waals surface area contributed by atoms with E-state index in [2.05, 4.69) is 5.32 Å². The minimum Gasteiger partial charge on any atom is -0.444 e. The first kappa shape index (κ1) is 16.3. The van der Waals surface area contributed by atoms with E-state index in [0.717, 1.165) is 11.6 Å². The van der Waals surface area contributed by atoms with Crippen molar-refractivity contribution in [2.75, 3.05) is 5.32 Å². The molecule has 0 unspecified atom stereocenters. The van der Waals surface area contributed by atoms with E-state index in [1.165, 1.54) is 12.1 Å². The zero-order valence-electron chi connectivity index (χ0n) is 11.3. The van der Waals surface area contributed by atoms with Gasteiger partial charge in [-0.2, -0.15) is 0 Å². The van der Waals surface area contributed by atoms with Crippen molar-refractivity contribution in [1.82, 2.24) is 0 Å². The first-order chi connectivity index (χ1) is 10.4. The summed E-state index contributed by atoms with van der Waals surface area (Å²) < 4.78 is 27.4. The standard InChI is InChI=1S/C14H13ClN2O4S/c15-12-8-11(22(16,19)20)6-7-13(12)17-14(18)21-9-10-4-2-1-3-5-10/h1-8H,9H2,(H,17,18)(H2,16,19,20). The molecule has 0 radical (unpaired) electrons. The fourth-order valence-corrected chi connectivity index (χ4v) is 2.48. The van der Waals surface area contributed by atoms with Gasteiger partial charge >= 0.3 is 6.09 Å². The van der Waals surface area contributed by atoms with Gasteiger partial charge in [-0.25, -0.2) is 18.4 Å². The van der Waals surface area contributed by atoms with Crippen molar-refractivity contribution >= 4 is 33.4 Å². The number of nitrogens with two attached hydrogens (primary N) is 1. The molecule has 0 spiro atoms. The fraction of sp³-hybridized carbons (Fsp3) is 0.0714. The Balaban J connectivity index is 2.00. The number of carbonyl (C=O) groups is 1. The molecule has 0 heterocycles. The number of rotatable bonds is 4. The highest BCUT2D eigenvalue weighted by atomic mass is 35.5. The first-order valence-corrected chi connectivity index (χ1v) is 8.09. The van der Waals surface area contributed by atoms with Gasteiger partial charge in [0.1, 0.15) is 6.61 Å². The normalized spacial score (nSPS) is 11.0. The summed E-state index contributed by atoms with van der Waals surface area (Å²) >= 11 is 5.91. The van der Waals surface area contributed by atoms with E-state index in [-0.39, 0.29) is 22.2 Å². The van der Waals surface area contributed by atoms with Crippen LogP contribution in [0.25, 0.3) is 0 Å². The number of anilines is 1. The van der Waals surface area contributed by atoms with Gasteiger partial charge < -0.3 is 4.74 Å². The van der Waals surface area contributed by atoms with Gasteiger partial charge in [0, 0.05) is 0 Å². The Morgan fingerprint density at radius 1 is 1.18 bits per heavy atom. The van der Waals surface area contributed by atoms with Gasteiger partial charge in [0.05, 0.1) is 15.6 Å². The van der Waals surface area contributed by atoms with E-state index in [1.807, 2.05) is 30.3 Å². The second kappa shape index (κ2) is 6.78. The monoisotopic (exact) mass is 340 g/mol. The summed E-state index contributed by atoms with van der Waals surface area (Å²) in [6.07, 6.45) is -0.700. The number of hydrogen-bond donors (Lipinski definition) is 2. The van der Waals surface area contributed by atoms with Crippen LogP contribution in [0.1, 0.15) is 5.56 Å². The molecule has 116 valence electrons. The van der Waals surface area contributed by atoms with Crippen LogP contribution >= 0.6 is 11.6 Å². The van der Waals surface area contributed by atoms with Crippen molar-refractivity contribution in [1.29, 1.82) is 0 Å². The molecule has 2 aromatic rings. The largest absolute Gasteiger partial charge is 0.444 e. The molecule has 0 aliphatic heterocycles. The summed E-state index contributed by atoms with van der Waals surface area (Å²) in [5.74, 6) is 0. The van der Waals surface area contributed by atoms with Crippen molar-refractivity contribution in [3.63, 3.8) is 0 Å². The summed E-state index contributed by atoms with van der Waals surface area (Å²) in [7, 11) is -3.85. The quantitative estimate of drug-likeness (QED) is 0.893. The lowest BCUT2D eigenvalue weighted by Crippen LogP contribution is -2.15. The second-order valence-electron chi connectivity index (χ2n) is 4.37. The highest BCUT2D eigenvalue weighted by Crippen LogP contribution is 2.24. The van der Waals surface area contributed by atoms with Crippen molar-refractivity contribution in [3.05, 3.63) is 59.1 Å². The Kier molecular flexibility index (Phi) is 5.02. The van der Waals surface area contributed by atoms with E-state index < -0.39 is 16.1 Å². The molecule has 0 fully saturated rings. The molecule has 2 aromatic carbocycles. The van der Waals surface area contributed by atoms with Gasteiger partial charge in [-0.05, 0) is 23.8 Å². The molecular weight excluding hydrogens is 328 g/mol. The lowest BCUT2D eigenvalue weighted by molar-refractivity contribution is 0.155. The highest BCUT2D eigenvalue weighted by molar-refractivity contribution is 7.89. The predicted octanol–water partition coefficient (Wildman–Crippen LogP) is 2.74. The summed E-state index contributed by atoms with van der Waals surface area (Å²) in [5, 5.41) is 7.47. The molecule has 0 aliphatic rings. The van der Waals surface area contributed by atoms with Gasteiger partial charge in [0.15, 0.2) is 0 Å². The van der Waals surface area contributed by atoms with Crippen LogP contribution in [0.2, 0.25) is 5.02 Å². The SMILES string of the molecule is NS(=O)(=O)c1ccc(NC(=O)OCc2ccccc2)c(Cl)c1. The third-order valence-corrected chi connectivity index (χ3v) is 3.94. The minimum atomic E-state index is -3.85. The van der Waals surface area contributed by atoms with Crippen LogP contribution in [-0.4, -0.2) is 14.5 Å². The topological polar surface area (TPSA) is 98.5 Å². The number of halogens is 1. The van der Waals surface area contributed by atoms with Crippen molar-refractivity contribution in [3.8, 4) is 0 Å². The van der Waals surface area contributed by atoms with E-state index in [1.54, 1.807) is 0 Å². The van der Waals surface area contributed by atoms with Gasteiger partial charge in [-0.3, -0.25) is 5.32 Å². The maximum absolute atomic E-state index is 11.7. The summed E-state index contributed by atoms with van der Waals surface area (Å²) in [6, 6.07) is 12.9. The zero-order chi connectivity index (χ0) is 16.2. The molecule has 0 bridgehead atoms. The first-order valence-electron chi connectivity index (χ1n) is 6.16. The summed E-state index contributed by atoms with van der Waals surface area (Å²) in [6.45, 7) is 0.111. The third kappa shape index (κ3) is 4.45. The zero-order valence-corrected chi connectivity index (χ0v) is 12.9. The van der Waals surface area contributed by atoms with Crippen LogP contribution in [0.5, 0.6) is 0 Å². The van der Waals surface area contributed by atoms with Crippen LogP contribution in [0, 0.1) is 0 Å². The predicted molar refractivity (Wildman–Crippen MR) is 83.1 cm³/mol. The summed E-state index contributed by atoms with van der Waals surface area (Å²) in [4.78, 5) is 11.5. The molecule has 0 aliphatic carbocycles. The number of benzene rings is 2. The van der Waals surface area contributed by atoms with Crippen molar-refractivity contribution in [2.45, 2.75) is 11.5 Å². The van der Waals surface area contributed by atoms with Crippen LogP contribution in [0.3, 0.4) is 0 Å². The Morgan fingerprint density at radius 3 is 2.45 bits per heavy atom. The number of ether oxygens (including phenoxy) is 1. The number of primary sulfonamides is 1. The van der Waals surface area contributed by atoms with Crippen molar-refractivity contribution in [2.24, 2.45) is 5.14 Å². The lowest BCUT2D eigenvalue weighted by atomic mass is 10.2. The number of hydrogen-bond acceptors (Lipinski definition) is 4. The van der Waals surface area contributed by atoms with E-state index in [4.69, 9.17) is 21.5 Å². The minimum absolute atomic E-state index is 0.0446. The average Bonchev–Trinajstić information content (AvgIpc) is 2.47. The molecule has 0 saturated carbocycles. The molecule has 1 amide bonds. The fourth-order valence-electron chi connectivity index (χ4n) is 1.64. The molecule has 22 heavy (non-hydrogen) atoms. The molecule has 6 nitrogen and oxygen atoms in total. The Labute approximate surface area is 132 Å². The van der Waals surface area contributed by atoms with E-state index in [0.29, 0.717) is 0 Å². The number of amides is 1. The number of sulfonamides is 1. The lowest BCUT2D eigenvalue weighted by Gasteiger charge is -2.09. The van der Waals surface area contributed by atoms with Crippen LogP contribution < -0.4 is 10.5 Å². The Morgan fingerprint density at radius 2 is 1.86 bits per heavy atom.